The summed E-state index contributed by atoms with van der Waals surface area (Å²) >= 11 is 0. The van der Waals surface area contributed by atoms with Crippen molar-refractivity contribution in [1.29, 1.82) is 0 Å². The van der Waals surface area contributed by atoms with Gasteiger partial charge in [-0.15, -0.1) is 0 Å². The Morgan fingerprint density at radius 2 is 0.985 bits per heavy atom. The Bertz CT molecular complexity index is 2160. The van der Waals surface area contributed by atoms with Crippen molar-refractivity contribution in [2.75, 3.05) is 39.4 Å². The van der Waals surface area contributed by atoms with Gasteiger partial charge in [0.2, 0.25) is 0 Å². The van der Waals surface area contributed by atoms with E-state index >= 15 is 0 Å². The minimum atomic E-state index is -0.0438. The van der Waals surface area contributed by atoms with Crippen LogP contribution in [0.25, 0.3) is 21.5 Å². The molecule has 0 bridgehead atoms. The topological polar surface area (TPSA) is 109 Å². The van der Waals surface area contributed by atoms with Crippen LogP contribution in [0.1, 0.15) is 141 Å². The van der Waals surface area contributed by atoms with Gasteiger partial charge >= 0.3 is 11.9 Å². The Balaban J connectivity index is 0.000000151. The van der Waals surface area contributed by atoms with Crippen LogP contribution in [0.2, 0.25) is 0 Å². The van der Waals surface area contributed by atoms with E-state index in [9.17, 15) is 19.8 Å². The zero-order valence-electron chi connectivity index (χ0n) is 39.5. The Hall–Kier alpha value is -4.18. The van der Waals surface area contributed by atoms with Crippen molar-refractivity contribution >= 4 is 33.5 Å². The predicted octanol–water partition coefficient (Wildman–Crippen LogP) is 11.5. The van der Waals surface area contributed by atoms with Crippen molar-refractivity contribution in [3.05, 3.63) is 83.9 Å². The second-order valence-electron chi connectivity index (χ2n) is 20.6. The number of fused-ring (bicyclic) bond motifs is 2. The van der Waals surface area contributed by atoms with Crippen molar-refractivity contribution in [2.45, 2.75) is 155 Å². The van der Waals surface area contributed by atoms with E-state index < -0.39 is 0 Å². The first-order valence-corrected chi connectivity index (χ1v) is 25.5. The van der Waals surface area contributed by atoms with Gasteiger partial charge in [0.05, 0.1) is 37.3 Å². The molecule has 65 heavy (non-hydrogen) atoms. The van der Waals surface area contributed by atoms with Gasteiger partial charge in [-0.25, -0.2) is 0 Å². The van der Waals surface area contributed by atoms with E-state index in [2.05, 4.69) is 64.4 Å². The maximum absolute atomic E-state index is 12.0. The second kappa shape index (κ2) is 22.1. The van der Waals surface area contributed by atoms with E-state index in [-0.39, 0.29) is 29.9 Å². The molecule has 6 aliphatic rings. The lowest BCUT2D eigenvalue weighted by molar-refractivity contribution is -0.150. The van der Waals surface area contributed by atoms with E-state index in [1.807, 2.05) is 19.9 Å². The van der Waals surface area contributed by atoms with Crippen LogP contribution in [-0.4, -0.2) is 83.6 Å². The lowest BCUT2D eigenvalue weighted by atomic mass is 9.60. The molecule has 352 valence electrons. The quantitative estimate of drug-likeness (QED) is 0.150. The number of likely N-dealkylation sites (tertiary alicyclic amines) is 2. The number of esters is 2. The maximum Gasteiger partial charge on any atom is 0.309 e. The molecule has 4 aliphatic carbocycles. The fourth-order valence-electron chi connectivity index (χ4n) is 11.6. The summed E-state index contributed by atoms with van der Waals surface area (Å²) in [5.74, 6) is 1.38. The molecule has 2 spiro atoms. The average molecular weight is 889 g/mol. The lowest BCUT2D eigenvalue weighted by Gasteiger charge is -2.46. The van der Waals surface area contributed by atoms with Crippen LogP contribution in [0.4, 0.5) is 0 Å². The highest BCUT2D eigenvalue weighted by molar-refractivity contribution is 5.85. The van der Waals surface area contributed by atoms with Crippen molar-refractivity contribution in [3.8, 4) is 11.5 Å². The van der Waals surface area contributed by atoms with E-state index in [4.69, 9.17) is 14.2 Å². The molecule has 6 fully saturated rings. The second-order valence-corrected chi connectivity index (χ2v) is 20.6. The number of aromatic hydroxyl groups is 1. The molecule has 10 rings (SSSR count). The molecule has 4 saturated carbocycles. The SMILES string of the molecule is CCOC(=O)C1CCN(Cc2ccc3cc(O)ccc3c2)CC1.CCOC(=O)C1CCN(Cc2ccc3cc(OC4CCC5(CCC5)CC4)ccc3c2)CC1.OC1CCC2(CCC2)CC1. The van der Waals surface area contributed by atoms with Gasteiger partial charge in [0, 0.05) is 13.1 Å². The normalized spacial score (nSPS) is 22.5. The van der Waals surface area contributed by atoms with Gasteiger partial charge in [0.25, 0.3) is 0 Å². The van der Waals surface area contributed by atoms with Gasteiger partial charge in [-0.3, -0.25) is 19.4 Å². The largest absolute Gasteiger partial charge is 0.508 e. The van der Waals surface area contributed by atoms with Gasteiger partial charge < -0.3 is 24.4 Å². The zero-order valence-corrected chi connectivity index (χ0v) is 39.5. The first-order chi connectivity index (χ1) is 31.6. The summed E-state index contributed by atoms with van der Waals surface area (Å²) in [6.07, 6.45) is 22.5. The molecular formula is C56H76N2O7. The number of aliphatic hydroxyl groups excluding tert-OH is 1. The van der Waals surface area contributed by atoms with Crippen molar-refractivity contribution in [3.63, 3.8) is 0 Å². The van der Waals surface area contributed by atoms with Crippen molar-refractivity contribution in [2.24, 2.45) is 22.7 Å². The molecule has 4 aromatic rings. The smallest absolute Gasteiger partial charge is 0.309 e. The minimum Gasteiger partial charge on any atom is -0.508 e. The van der Waals surface area contributed by atoms with Crippen LogP contribution in [0.5, 0.6) is 11.5 Å². The molecule has 2 N–H and O–H groups in total. The fourth-order valence-corrected chi connectivity index (χ4v) is 11.6. The van der Waals surface area contributed by atoms with Gasteiger partial charge in [-0.05, 0) is 223 Å². The van der Waals surface area contributed by atoms with Crippen LogP contribution in [0.3, 0.4) is 0 Å². The molecule has 0 unspecified atom stereocenters. The number of hydrogen-bond acceptors (Lipinski definition) is 9. The highest BCUT2D eigenvalue weighted by atomic mass is 16.5. The number of aliphatic hydroxyl groups is 1. The molecule has 0 atom stereocenters. The number of benzene rings is 4. The zero-order chi connectivity index (χ0) is 45.2. The van der Waals surface area contributed by atoms with E-state index in [1.54, 1.807) is 12.1 Å². The first kappa shape index (κ1) is 47.3. The third-order valence-electron chi connectivity index (χ3n) is 16.1. The van der Waals surface area contributed by atoms with Crippen molar-refractivity contribution < 1.29 is 34.0 Å². The first-order valence-electron chi connectivity index (χ1n) is 25.5. The van der Waals surface area contributed by atoms with E-state index in [0.29, 0.717) is 30.5 Å². The minimum absolute atomic E-state index is 0.0216. The average Bonchev–Trinajstić information content (AvgIpc) is 3.30. The summed E-state index contributed by atoms with van der Waals surface area (Å²) in [6, 6.07) is 25.1. The van der Waals surface area contributed by atoms with Crippen LogP contribution >= 0.6 is 0 Å². The highest BCUT2D eigenvalue weighted by Gasteiger charge is 2.41. The number of phenolic OH excluding ortho intramolecular Hbond substituents is 1. The van der Waals surface area contributed by atoms with Crippen LogP contribution in [0.15, 0.2) is 72.8 Å². The molecular weight excluding hydrogens is 813 g/mol. The van der Waals surface area contributed by atoms with Gasteiger partial charge in [-0.2, -0.15) is 0 Å². The summed E-state index contributed by atoms with van der Waals surface area (Å²) in [6.45, 7) is 10.3. The van der Waals surface area contributed by atoms with Crippen LogP contribution in [0, 0.1) is 22.7 Å². The van der Waals surface area contributed by atoms with E-state index in [1.165, 1.54) is 98.9 Å². The third kappa shape index (κ3) is 12.6. The molecule has 0 radical (unpaired) electrons. The van der Waals surface area contributed by atoms with Crippen molar-refractivity contribution in [1.82, 2.24) is 9.80 Å². The van der Waals surface area contributed by atoms with Gasteiger partial charge in [0.1, 0.15) is 11.5 Å². The van der Waals surface area contributed by atoms with Gasteiger partial charge in [0.15, 0.2) is 0 Å². The summed E-state index contributed by atoms with van der Waals surface area (Å²) in [7, 11) is 0. The van der Waals surface area contributed by atoms with Crippen LogP contribution < -0.4 is 4.74 Å². The summed E-state index contributed by atoms with van der Waals surface area (Å²) in [5.41, 5.74) is 4.00. The number of rotatable bonds is 10. The van der Waals surface area contributed by atoms with Crippen LogP contribution in [-0.2, 0) is 32.2 Å². The standard InChI is InChI=1S/C28H37NO3.C19H23NO3.C9H16O/c1-2-31-27(30)22-10-16-29(17-11-22)20-21-4-5-24-19-26(7-6-23(24)18-21)32-25-8-14-28(15-9-25)12-3-13-28;1-2-23-19(22)15-7-9-20(10-8-15)13-14-3-4-17-12-18(21)6-5-16(17)11-14;10-8-2-6-9(7-3-8)4-1-5-9/h4-7,18-19,22,25H,2-3,8-17,20H2,1H3;3-6,11-12,15,21H,2,7-10,13H2,1H3;8,10H,1-7H2. The Labute approximate surface area is 388 Å². The fraction of sp³-hybridized carbons (Fsp3) is 0.607. The Kier molecular flexibility index (Phi) is 16.1. The molecule has 4 aromatic carbocycles. The highest BCUT2D eigenvalue weighted by Crippen LogP contribution is 2.52. The predicted molar refractivity (Wildman–Crippen MR) is 259 cm³/mol. The third-order valence-corrected chi connectivity index (χ3v) is 16.1. The molecule has 9 nitrogen and oxygen atoms in total. The number of carbonyl (C=O) groups is 2. The molecule has 2 aliphatic heterocycles. The maximum atomic E-state index is 12.0. The summed E-state index contributed by atoms with van der Waals surface area (Å²) in [4.78, 5) is 28.6. The number of piperidine rings is 2. The molecule has 9 heteroatoms. The number of ether oxygens (including phenoxy) is 3. The number of hydrogen-bond donors (Lipinski definition) is 2. The van der Waals surface area contributed by atoms with E-state index in [0.717, 1.165) is 99.7 Å². The number of carbonyl (C=O) groups excluding carboxylic acids is 2. The molecule has 0 amide bonds. The molecule has 2 heterocycles. The monoisotopic (exact) mass is 889 g/mol. The molecule has 2 saturated heterocycles. The Morgan fingerprint density at radius 3 is 1.45 bits per heavy atom. The number of nitrogens with zero attached hydrogens (tertiary/aromatic N) is 2. The number of phenols is 1. The van der Waals surface area contributed by atoms with Gasteiger partial charge in [-0.1, -0.05) is 49.2 Å². The lowest BCUT2D eigenvalue weighted by Crippen LogP contribution is -2.37. The summed E-state index contributed by atoms with van der Waals surface area (Å²) in [5, 5.41) is 23.5. The molecule has 0 aromatic heterocycles. The Morgan fingerprint density at radius 1 is 0.554 bits per heavy atom. The summed E-state index contributed by atoms with van der Waals surface area (Å²) < 4.78 is 16.7.